The SMILES string of the molecule is CCOC(=O)COc1[c]cccc1. The fourth-order valence-corrected chi connectivity index (χ4v) is 0.806. The summed E-state index contributed by atoms with van der Waals surface area (Å²) in [5.41, 5.74) is 0. The highest BCUT2D eigenvalue weighted by Crippen LogP contribution is 2.06. The first kappa shape index (κ1) is 9.58. The quantitative estimate of drug-likeness (QED) is 0.656. The molecule has 0 aromatic heterocycles. The number of benzene rings is 1. The Bertz CT molecular complexity index is 256. The maximum absolute atomic E-state index is 10.9. The van der Waals surface area contributed by atoms with Gasteiger partial charge in [-0.25, -0.2) is 4.79 Å². The van der Waals surface area contributed by atoms with Gasteiger partial charge in [-0.2, -0.15) is 0 Å². The Hall–Kier alpha value is -1.51. The maximum atomic E-state index is 10.9. The maximum Gasteiger partial charge on any atom is 0.344 e. The van der Waals surface area contributed by atoms with Crippen LogP contribution in [0.3, 0.4) is 0 Å². The molecular weight excluding hydrogens is 168 g/mol. The predicted molar refractivity (Wildman–Crippen MR) is 47.4 cm³/mol. The summed E-state index contributed by atoms with van der Waals surface area (Å²) in [6, 6.07) is 9.94. The molecule has 0 bridgehead atoms. The Morgan fingerprint density at radius 1 is 1.54 bits per heavy atom. The molecule has 0 saturated heterocycles. The number of esters is 1. The standard InChI is InChI=1S/C10H11O3/c1-2-12-10(11)8-13-9-6-4-3-5-7-9/h3-6H,2,8H2,1H3. The molecule has 1 rings (SSSR count). The Balaban J connectivity index is 2.31. The molecular formula is C10H11O3. The summed E-state index contributed by atoms with van der Waals surface area (Å²) in [5.74, 6) is 0.190. The molecule has 3 nitrogen and oxygen atoms in total. The van der Waals surface area contributed by atoms with Gasteiger partial charge in [-0.05, 0) is 13.0 Å². The summed E-state index contributed by atoms with van der Waals surface area (Å²) < 4.78 is 9.78. The minimum Gasteiger partial charge on any atom is -0.481 e. The first-order chi connectivity index (χ1) is 6.33. The number of hydrogen-bond donors (Lipinski definition) is 0. The smallest absolute Gasteiger partial charge is 0.344 e. The van der Waals surface area contributed by atoms with Crippen LogP contribution in [0.4, 0.5) is 0 Å². The third kappa shape index (κ3) is 3.60. The van der Waals surface area contributed by atoms with Gasteiger partial charge < -0.3 is 9.47 Å². The molecule has 0 N–H and O–H groups in total. The van der Waals surface area contributed by atoms with Crippen molar-refractivity contribution in [1.29, 1.82) is 0 Å². The zero-order valence-electron chi connectivity index (χ0n) is 7.45. The van der Waals surface area contributed by atoms with Crippen molar-refractivity contribution in [2.45, 2.75) is 6.92 Å². The van der Waals surface area contributed by atoms with Crippen LogP contribution in [0.25, 0.3) is 0 Å². The zero-order valence-corrected chi connectivity index (χ0v) is 7.45. The Labute approximate surface area is 77.3 Å². The van der Waals surface area contributed by atoms with Gasteiger partial charge in [0.2, 0.25) is 0 Å². The lowest BCUT2D eigenvalue weighted by Crippen LogP contribution is -2.14. The summed E-state index contributed by atoms with van der Waals surface area (Å²) in [7, 11) is 0. The van der Waals surface area contributed by atoms with Crippen molar-refractivity contribution < 1.29 is 14.3 Å². The van der Waals surface area contributed by atoms with E-state index in [4.69, 9.17) is 4.74 Å². The van der Waals surface area contributed by atoms with E-state index in [-0.39, 0.29) is 12.6 Å². The van der Waals surface area contributed by atoms with Crippen molar-refractivity contribution in [2.24, 2.45) is 0 Å². The molecule has 3 heteroatoms. The van der Waals surface area contributed by atoms with E-state index in [1.54, 1.807) is 19.1 Å². The first-order valence-electron chi connectivity index (χ1n) is 4.08. The van der Waals surface area contributed by atoms with E-state index < -0.39 is 0 Å². The molecule has 0 fully saturated rings. The largest absolute Gasteiger partial charge is 0.481 e. The summed E-state index contributed by atoms with van der Waals surface area (Å²) in [5, 5.41) is 0. The summed E-state index contributed by atoms with van der Waals surface area (Å²) >= 11 is 0. The lowest BCUT2D eigenvalue weighted by atomic mass is 10.3. The monoisotopic (exact) mass is 179 g/mol. The lowest BCUT2D eigenvalue weighted by Gasteiger charge is -2.04. The van der Waals surface area contributed by atoms with Gasteiger partial charge in [0.25, 0.3) is 0 Å². The molecule has 0 aliphatic heterocycles. The van der Waals surface area contributed by atoms with Gasteiger partial charge >= 0.3 is 5.97 Å². The minimum absolute atomic E-state index is 0.0612. The Kier molecular flexibility index (Phi) is 3.82. The third-order valence-electron chi connectivity index (χ3n) is 1.33. The molecule has 13 heavy (non-hydrogen) atoms. The van der Waals surface area contributed by atoms with Crippen molar-refractivity contribution in [3.05, 3.63) is 30.3 Å². The average Bonchev–Trinajstić information content (AvgIpc) is 2.17. The van der Waals surface area contributed by atoms with Crippen LogP contribution in [-0.2, 0) is 9.53 Å². The second kappa shape index (κ2) is 5.19. The highest BCUT2D eigenvalue weighted by molar-refractivity contribution is 5.71. The van der Waals surface area contributed by atoms with E-state index in [1.807, 2.05) is 12.1 Å². The van der Waals surface area contributed by atoms with Gasteiger partial charge in [-0.3, -0.25) is 0 Å². The number of rotatable bonds is 4. The molecule has 0 heterocycles. The van der Waals surface area contributed by atoms with E-state index in [0.717, 1.165) is 0 Å². The van der Waals surface area contributed by atoms with Crippen molar-refractivity contribution in [2.75, 3.05) is 13.2 Å². The van der Waals surface area contributed by atoms with Gasteiger partial charge in [0.1, 0.15) is 5.75 Å². The molecule has 1 radical (unpaired) electrons. The number of carbonyl (C=O) groups is 1. The van der Waals surface area contributed by atoms with Crippen molar-refractivity contribution in [3.63, 3.8) is 0 Å². The van der Waals surface area contributed by atoms with Gasteiger partial charge in [0, 0.05) is 6.07 Å². The fraction of sp³-hybridized carbons (Fsp3) is 0.300. The van der Waals surface area contributed by atoms with Gasteiger partial charge in [0.15, 0.2) is 6.61 Å². The van der Waals surface area contributed by atoms with Crippen LogP contribution in [0.1, 0.15) is 6.92 Å². The number of para-hydroxylation sites is 1. The van der Waals surface area contributed by atoms with Gasteiger partial charge in [0.05, 0.1) is 6.61 Å². The second-order valence-electron chi connectivity index (χ2n) is 2.32. The molecule has 1 aromatic carbocycles. The number of carbonyl (C=O) groups excluding carboxylic acids is 1. The molecule has 0 saturated carbocycles. The van der Waals surface area contributed by atoms with Crippen LogP contribution < -0.4 is 4.74 Å². The molecule has 0 amide bonds. The molecule has 0 unspecified atom stereocenters. The van der Waals surface area contributed by atoms with E-state index in [9.17, 15) is 4.79 Å². The van der Waals surface area contributed by atoms with Crippen molar-refractivity contribution in [3.8, 4) is 5.75 Å². The van der Waals surface area contributed by atoms with Gasteiger partial charge in [-0.15, -0.1) is 0 Å². The minimum atomic E-state index is -0.361. The molecule has 1 aromatic rings. The van der Waals surface area contributed by atoms with Crippen LogP contribution in [0.5, 0.6) is 5.75 Å². The van der Waals surface area contributed by atoms with Crippen LogP contribution in [-0.4, -0.2) is 19.2 Å². The number of hydrogen-bond acceptors (Lipinski definition) is 3. The lowest BCUT2D eigenvalue weighted by molar-refractivity contribution is -0.145. The summed E-state index contributed by atoms with van der Waals surface area (Å²) in [6.45, 7) is 2.07. The molecule has 0 aliphatic rings. The molecule has 69 valence electrons. The normalized spacial score (nSPS) is 9.31. The van der Waals surface area contributed by atoms with Gasteiger partial charge in [-0.1, -0.05) is 18.2 Å². The van der Waals surface area contributed by atoms with E-state index in [0.29, 0.717) is 12.4 Å². The van der Waals surface area contributed by atoms with Crippen molar-refractivity contribution in [1.82, 2.24) is 0 Å². The zero-order chi connectivity index (χ0) is 9.52. The number of ether oxygens (including phenoxy) is 2. The highest BCUT2D eigenvalue weighted by atomic mass is 16.6. The van der Waals surface area contributed by atoms with E-state index >= 15 is 0 Å². The van der Waals surface area contributed by atoms with Crippen LogP contribution in [0, 0.1) is 6.07 Å². The summed E-state index contributed by atoms with van der Waals surface area (Å²) in [6.07, 6.45) is 0. The Morgan fingerprint density at radius 3 is 3.00 bits per heavy atom. The van der Waals surface area contributed by atoms with Crippen LogP contribution in [0.15, 0.2) is 24.3 Å². The second-order valence-corrected chi connectivity index (χ2v) is 2.32. The molecule has 0 aliphatic carbocycles. The highest BCUT2D eigenvalue weighted by Gasteiger charge is 2.01. The van der Waals surface area contributed by atoms with Crippen LogP contribution >= 0.6 is 0 Å². The Morgan fingerprint density at radius 2 is 2.38 bits per heavy atom. The topological polar surface area (TPSA) is 35.5 Å². The van der Waals surface area contributed by atoms with E-state index in [2.05, 4.69) is 10.8 Å². The molecule has 0 atom stereocenters. The fourth-order valence-electron chi connectivity index (χ4n) is 0.806. The first-order valence-corrected chi connectivity index (χ1v) is 4.08. The predicted octanol–water partition coefficient (Wildman–Crippen LogP) is 1.43. The summed E-state index contributed by atoms with van der Waals surface area (Å²) in [4.78, 5) is 10.9. The third-order valence-corrected chi connectivity index (χ3v) is 1.33. The van der Waals surface area contributed by atoms with Crippen molar-refractivity contribution >= 4 is 5.97 Å². The van der Waals surface area contributed by atoms with Crippen LogP contribution in [0.2, 0.25) is 0 Å². The molecule has 0 spiro atoms. The van der Waals surface area contributed by atoms with E-state index in [1.165, 1.54) is 0 Å². The average molecular weight is 179 g/mol.